The minimum Gasteiger partial charge on any atom is -0.378 e. The van der Waals surface area contributed by atoms with E-state index in [-0.39, 0.29) is 0 Å². The number of hydrogen-bond acceptors (Lipinski definition) is 5. The summed E-state index contributed by atoms with van der Waals surface area (Å²) in [4.78, 5) is 7.37. The van der Waals surface area contributed by atoms with E-state index in [2.05, 4.69) is 65.4 Å². The minimum atomic E-state index is 0.815. The summed E-state index contributed by atoms with van der Waals surface area (Å²) in [7, 11) is 0. The smallest absolute Gasteiger partial charge is 0.0642 e. The molecule has 0 radical (unpaired) electrons. The fraction of sp³-hybridized carbons (Fsp3) is 0.400. The van der Waals surface area contributed by atoms with Crippen LogP contribution in [0.4, 0.5) is 22.7 Å². The van der Waals surface area contributed by atoms with E-state index < -0.39 is 0 Å². The molecule has 132 valence electrons. The monoisotopic (exact) mass is 355 g/mol. The number of fused-ring (bicyclic) bond motifs is 2. The van der Waals surface area contributed by atoms with Gasteiger partial charge in [-0.05, 0) is 50.2 Å². The summed E-state index contributed by atoms with van der Waals surface area (Å²) in [5.41, 5.74) is 4.97. The maximum Gasteiger partial charge on any atom is 0.0642 e. The third-order valence-electron chi connectivity index (χ3n) is 4.92. The molecule has 4 nitrogen and oxygen atoms in total. The first-order valence-corrected chi connectivity index (χ1v) is 9.90. The number of benzene rings is 2. The summed E-state index contributed by atoms with van der Waals surface area (Å²) in [6.45, 7) is 10.0. The molecule has 0 aliphatic carbocycles. The van der Waals surface area contributed by atoms with Gasteiger partial charge in [0.25, 0.3) is 0 Å². The Kier molecular flexibility index (Phi) is 4.77. The lowest BCUT2D eigenvalue weighted by Crippen LogP contribution is -2.36. The molecule has 0 unspecified atom stereocenters. The van der Waals surface area contributed by atoms with Crippen molar-refractivity contribution in [3.63, 3.8) is 0 Å². The zero-order chi connectivity index (χ0) is 17.2. The Balaban J connectivity index is 1.61. The van der Waals surface area contributed by atoms with Gasteiger partial charge in [-0.2, -0.15) is 0 Å². The normalized spacial score (nSPS) is 16.0. The van der Waals surface area contributed by atoms with Gasteiger partial charge in [-0.3, -0.25) is 0 Å². The van der Waals surface area contributed by atoms with Gasteiger partial charge in [0.1, 0.15) is 0 Å². The summed E-state index contributed by atoms with van der Waals surface area (Å²) in [5, 5.41) is 3.66. The van der Waals surface area contributed by atoms with Crippen molar-refractivity contribution in [2.75, 3.05) is 54.5 Å². The van der Waals surface area contributed by atoms with Crippen molar-refractivity contribution in [2.24, 2.45) is 0 Å². The number of morpholine rings is 1. The minimum absolute atomic E-state index is 0.815. The Morgan fingerprint density at radius 1 is 1.00 bits per heavy atom. The average molecular weight is 356 g/mol. The van der Waals surface area contributed by atoms with Crippen LogP contribution in [0.1, 0.15) is 13.8 Å². The van der Waals surface area contributed by atoms with Gasteiger partial charge < -0.3 is 19.9 Å². The van der Waals surface area contributed by atoms with Crippen LogP contribution in [-0.2, 0) is 4.74 Å². The molecule has 5 heteroatoms. The maximum absolute atomic E-state index is 5.47. The first-order chi connectivity index (χ1) is 12.3. The fourth-order valence-corrected chi connectivity index (χ4v) is 4.43. The first kappa shape index (κ1) is 16.6. The number of rotatable bonds is 4. The molecule has 0 spiro atoms. The molecule has 2 heterocycles. The Labute approximate surface area is 154 Å². The maximum atomic E-state index is 5.47. The van der Waals surface area contributed by atoms with Crippen molar-refractivity contribution < 1.29 is 4.74 Å². The molecule has 2 aromatic rings. The Hall–Kier alpha value is -1.85. The van der Waals surface area contributed by atoms with Crippen LogP contribution in [0.15, 0.2) is 46.2 Å². The lowest BCUT2D eigenvalue weighted by atomic mass is 10.2. The summed E-state index contributed by atoms with van der Waals surface area (Å²) in [6, 6.07) is 13.5. The van der Waals surface area contributed by atoms with E-state index in [1.807, 2.05) is 11.8 Å². The van der Waals surface area contributed by atoms with Crippen molar-refractivity contribution in [2.45, 2.75) is 23.6 Å². The van der Waals surface area contributed by atoms with Crippen LogP contribution in [0.3, 0.4) is 0 Å². The predicted molar refractivity (Wildman–Crippen MR) is 107 cm³/mol. The zero-order valence-corrected chi connectivity index (χ0v) is 15.7. The molecule has 1 N–H and O–H groups in total. The van der Waals surface area contributed by atoms with Gasteiger partial charge in [0.15, 0.2) is 0 Å². The van der Waals surface area contributed by atoms with E-state index in [4.69, 9.17) is 4.74 Å². The zero-order valence-electron chi connectivity index (χ0n) is 14.9. The molecule has 2 aromatic carbocycles. The summed E-state index contributed by atoms with van der Waals surface area (Å²) in [6.07, 6.45) is 0. The largest absolute Gasteiger partial charge is 0.378 e. The van der Waals surface area contributed by atoms with Gasteiger partial charge in [0, 0.05) is 47.3 Å². The summed E-state index contributed by atoms with van der Waals surface area (Å²) < 4.78 is 5.47. The van der Waals surface area contributed by atoms with Gasteiger partial charge in [-0.15, -0.1) is 0 Å². The molecule has 2 aliphatic rings. The number of nitrogens with one attached hydrogen (secondary N) is 1. The van der Waals surface area contributed by atoms with Crippen LogP contribution in [0.5, 0.6) is 0 Å². The molecule has 2 aliphatic heterocycles. The molecule has 25 heavy (non-hydrogen) atoms. The molecular formula is C20H25N3OS. The van der Waals surface area contributed by atoms with E-state index in [1.54, 1.807) is 0 Å². The fourth-order valence-electron chi connectivity index (χ4n) is 3.48. The molecular weight excluding hydrogens is 330 g/mol. The number of anilines is 4. The van der Waals surface area contributed by atoms with Crippen molar-refractivity contribution >= 4 is 34.5 Å². The quantitative estimate of drug-likeness (QED) is 0.740. The van der Waals surface area contributed by atoms with Crippen molar-refractivity contribution in [3.8, 4) is 0 Å². The third kappa shape index (κ3) is 3.31. The molecule has 0 atom stereocenters. The van der Waals surface area contributed by atoms with Crippen molar-refractivity contribution in [1.29, 1.82) is 0 Å². The van der Waals surface area contributed by atoms with Crippen LogP contribution in [-0.4, -0.2) is 39.4 Å². The molecule has 0 aromatic heterocycles. The van der Waals surface area contributed by atoms with E-state index in [1.165, 1.54) is 32.5 Å². The second kappa shape index (κ2) is 7.18. The van der Waals surface area contributed by atoms with Crippen LogP contribution in [0.25, 0.3) is 0 Å². The van der Waals surface area contributed by atoms with Crippen LogP contribution >= 0.6 is 11.8 Å². The van der Waals surface area contributed by atoms with Gasteiger partial charge >= 0.3 is 0 Å². The number of hydrogen-bond donors (Lipinski definition) is 1. The average Bonchev–Trinajstić information content (AvgIpc) is 2.67. The molecule has 1 fully saturated rings. The topological polar surface area (TPSA) is 27.7 Å². The van der Waals surface area contributed by atoms with E-state index in [0.29, 0.717) is 0 Å². The van der Waals surface area contributed by atoms with Crippen LogP contribution in [0.2, 0.25) is 0 Å². The molecule has 4 rings (SSSR count). The third-order valence-corrected chi connectivity index (χ3v) is 6.07. The van der Waals surface area contributed by atoms with Gasteiger partial charge in [0.05, 0.1) is 24.6 Å². The van der Waals surface area contributed by atoms with Crippen LogP contribution in [0, 0.1) is 0 Å². The second-order valence-corrected chi connectivity index (χ2v) is 7.44. The van der Waals surface area contributed by atoms with E-state index in [0.717, 1.165) is 39.4 Å². The Morgan fingerprint density at radius 2 is 1.68 bits per heavy atom. The highest BCUT2D eigenvalue weighted by Crippen LogP contribution is 2.46. The SMILES string of the molecule is CCN(CC)c1ccc2c(c1)Nc1cc(N3CCOCC3)ccc1S2. The Morgan fingerprint density at radius 3 is 2.40 bits per heavy atom. The van der Waals surface area contributed by atoms with E-state index in [9.17, 15) is 0 Å². The summed E-state index contributed by atoms with van der Waals surface area (Å²) in [5.74, 6) is 0. The van der Waals surface area contributed by atoms with Gasteiger partial charge in [-0.25, -0.2) is 0 Å². The van der Waals surface area contributed by atoms with E-state index >= 15 is 0 Å². The second-order valence-electron chi connectivity index (χ2n) is 6.36. The summed E-state index contributed by atoms with van der Waals surface area (Å²) >= 11 is 1.85. The first-order valence-electron chi connectivity index (χ1n) is 9.09. The van der Waals surface area contributed by atoms with Gasteiger partial charge in [-0.1, -0.05) is 11.8 Å². The van der Waals surface area contributed by atoms with Crippen molar-refractivity contribution in [3.05, 3.63) is 36.4 Å². The highest BCUT2D eigenvalue weighted by atomic mass is 32.2. The molecule has 0 saturated carbocycles. The predicted octanol–water partition coefficient (Wildman–Crippen LogP) is 4.58. The van der Waals surface area contributed by atoms with Crippen LogP contribution < -0.4 is 15.1 Å². The molecule has 0 amide bonds. The molecule has 1 saturated heterocycles. The highest BCUT2D eigenvalue weighted by Gasteiger charge is 2.19. The molecule has 0 bridgehead atoms. The van der Waals surface area contributed by atoms with Crippen molar-refractivity contribution in [1.82, 2.24) is 0 Å². The van der Waals surface area contributed by atoms with Gasteiger partial charge in [0.2, 0.25) is 0 Å². The lowest BCUT2D eigenvalue weighted by molar-refractivity contribution is 0.122. The lowest BCUT2D eigenvalue weighted by Gasteiger charge is -2.30. The number of nitrogens with zero attached hydrogens (tertiary/aromatic N) is 2. The highest BCUT2D eigenvalue weighted by molar-refractivity contribution is 7.99. The Bertz CT molecular complexity index is 755. The standard InChI is InChI=1S/C20H25N3OS/c1-3-22(4-2)15-5-7-19-17(13-15)21-18-14-16(6-8-20(18)25-19)23-9-11-24-12-10-23/h5-8,13-14,21H,3-4,9-12H2,1-2H3. The number of ether oxygens (including phenoxy) is 1.